The molecule has 1 aliphatic heterocycles. The van der Waals surface area contributed by atoms with Gasteiger partial charge in [0.15, 0.2) is 5.84 Å². The van der Waals surface area contributed by atoms with Gasteiger partial charge in [-0.2, -0.15) is 0 Å². The van der Waals surface area contributed by atoms with Gasteiger partial charge in [0.2, 0.25) is 0 Å². The molecule has 1 saturated heterocycles. The van der Waals surface area contributed by atoms with E-state index >= 15 is 0 Å². The van der Waals surface area contributed by atoms with Crippen LogP contribution in [0.15, 0.2) is 23.4 Å². The maximum atomic E-state index is 9.55. The zero-order valence-electron chi connectivity index (χ0n) is 12.0. The van der Waals surface area contributed by atoms with Gasteiger partial charge >= 0.3 is 0 Å². The summed E-state index contributed by atoms with van der Waals surface area (Å²) in [6.45, 7) is 1.86. The van der Waals surface area contributed by atoms with E-state index in [1.165, 1.54) is 6.42 Å². The van der Waals surface area contributed by atoms with Crippen molar-refractivity contribution >= 4 is 17.4 Å². The third-order valence-corrected chi connectivity index (χ3v) is 4.39. The first-order chi connectivity index (χ1) is 10.2. The molecule has 1 heterocycles. The summed E-state index contributed by atoms with van der Waals surface area (Å²) in [5.74, 6) is 0.0476. The minimum atomic E-state index is 0.0476. The minimum absolute atomic E-state index is 0.0476. The summed E-state index contributed by atoms with van der Waals surface area (Å²) in [5, 5.41) is 21.8. The number of likely N-dealkylation sites (tertiary alicyclic amines) is 1. The molecule has 4 N–H and O–H groups in total. The fraction of sp³-hybridized carbons (Fsp3) is 0.533. The number of benzene rings is 1. The van der Waals surface area contributed by atoms with E-state index in [0.29, 0.717) is 17.1 Å². The second-order valence-electron chi connectivity index (χ2n) is 5.45. The molecular weight excluding hydrogens is 290 g/mol. The molecule has 6 heteroatoms. The van der Waals surface area contributed by atoms with Crippen LogP contribution in [0, 0.1) is 0 Å². The molecule has 1 aliphatic rings. The van der Waals surface area contributed by atoms with Crippen molar-refractivity contribution in [3.63, 3.8) is 0 Å². The standard InChI is InChI=1S/C15H22ClN3O2/c16-14-8-11(15(17)18-21)5-6-12(14)9-19-7-3-1-2-4-13(19)10-20/h5-6,8,13,20-21H,1-4,7,9-10H2,(H2,17,18). The normalized spacial score (nSPS) is 21.2. The van der Waals surface area contributed by atoms with Crippen molar-refractivity contribution in [1.82, 2.24) is 4.90 Å². The number of aliphatic hydroxyl groups excluding tert-OH is 1. The summed E-state index contributed by atoms with van der Waals surface area (Å²) in [7, 11) is 0. The molecule has 5 nitrogen and oxygen atoms in total. The first kappa shape index (κ1) is 16.1. The average Bonchev–Trinajstić information content (AvgIpc) is 2.73. The first-order valence-electron chi connectivity index (χ1n) is 7.27. The van der Waals surface area contributed by atoms with Gasteiger partial charge in [0, 0.05) is 23.2 Å². The van der Waals surface area contributed by atoms with E-state index in [4.69, 9.17) is 22.5 Å². The van der Waals surface area contributed by atoms with Crippen molar-refractivity contribution < 1.29 is 10.3 Å². The molecular formula is C15H22ClN3O2. The second kappa shape index (κ2) is 7.64. The van der Waals surface area contributed by atoms with Crippen LogP contribution < -0.4 is 5.73 Å². The Labute approximate surface area is 130 Å². The van der Waals surface area contributed by atoms with Crippen LogP contribution >= 0.6 is 11.6 Å². The topological polar surface area (TPSA) is 82.1 Å². The Morgan fingerprint density at radius 2 is 2.19 bits per heavy atom. The zero-order valence-corrected chi connectivity index (χ0v) is 12.8. The van der Waals surface area contributed by atoms with Crippen LogP contribution in [0.4, 0.5) is 0 Å². The van der Waals surface area contributed by atoms with Gasteiger partial charge < -0.3 is 16.0 Å². The largest absolute Gasteiger partial charge is 0.409 e. The first-order valence-corrected chi connectivity index (χ1v) is 7.64. The lowest BCUT2D eigenvalue weighted by molar-refractivity contribution is 0.118. The molecule has 116 valence electrons. The predicted octanol–water partition coefficient (Wildman–Crippen LogP) is 2.17. The lowest BCUT2D eigenvalue weighted by Crippen LogP contribution is -2.37. The van der Waals surface area contributed by atoms with Gasteiger partial charge in [0.25, 0.3) is 0 Å². The van der Waals surface area contributed by atoms with Gasteiger partial charge in [-0.25, -0.2) is 0 Å². The highest BCUT2D eigenvalue weighted by Crippen LogP contribution is 2.24. The Hall–Kier alpha value is -1.30. The van der Waals surface area contributed by atoms with Gasteiger partial charge in [-0.1, -0.05) is 41.7 Å². The molecule has 1 aromatic rings. The molecule has 1 aromatic carbocycles. The molecule has 1 unspecified atom stereocenters. The Morgan fingerprint density at radius 3 is 2.86 bits per heavy atom. The van der Waals surface area contributed by atoms with Crippen LogP contribution in [0.1, 0.15) is 36.8 Å². The molecule has 0 radical (unpaired) electrons. The Morgan fingerprint density at radius 1 is 1.38 bits per heavy atom. The third kappa shape index (κ3) is 4.09. The summed E-state index contributed by atoms with van der Waals surface area (Å²) in [4.78, 5) is 2.29. The van der Waals surface area contributed by atoms with Gasteiger partial charge in [-0.05, 0) is 31.0 Å². The number of amidine groups is 1. The van der Waals surface area contributed by atoms with E-state index in [1.807, 2.05) is 6.07 Å². The van der Waals surface area contributed by atoms with Crippen molar-refractivity contribution in [2.75, 3.05) is 13.2 Å². The maximum absolute atomic E-state index is 9.55. The number of halogens is 1. The fourth-order valence-corrected chi connectivity index (χ4v) is 3.00. The van der Waals surface area contributed by atoms with Gasteiger partial charge in [0.05, 0.1) is 6.61 Å². The lowest BCUT2D eigenvalue weighted by Gasteiger charge is -2.28. The summed E-state index contributed by atoms with van der Waals surface area (Å²) >= 11 is 6.30. The number of nitrogens with two attached hydrogens (primary N) is 1. The summed E-state index contributed by atoms with van der Waals surface area (Å²) in [5.41, 5.74) is 7.15. The molecule has 0 bridgehead atoms. The maximum Gasteiger partial charge on any atom is 0.170 e. The molecule has 1 fully saturated rings. The number of hydrogen-bond donors (Lipinski definition) is 3. The van der Waals surface area contributed by atoms with Gasteiger partial charge in [-0.3, -0.25) is 4.90 Å². The molecule has 0 spiro atoms. The van der Waals surface area contributed by atoms with Crippen molar-refractivity contribution in [3.8, 4) is 0 Å². The third-order valence-electron chi connectivity index (χ3n) is 4.04. The quantitative estimate of drug-likeness (QED) is 0.344. The number of hydrogen-bond acceptors (Lipinski definition) is 4. The predicted molar refractivity (Wildman–Crippen MR) is 83.7 cm³/mol. The molecule has 0 amide bonds. The van der Waals surface area contributed by atoms with Crippen LogP contribution in [-0.2, 0) is 6.54 Å². The average molecular weight is 312 g/mol. The van der Waals surface area contributed by atoms with E-state index in [2.05, 4.69) is 10.1 Å². The second-order valence-corrected chi connectivity index (χ2v) is 5.85. The Bertz CT molecular complexity index is 508. The number of oxime groups is 1. The van der Waals surface area contributed by atoms with Crippen LogP contribution in [0.25, 0.3) is 0 Å². The zero-order chi connectivity index (χ0) is 15.2. The van der Waals surface area contributed by atoms with E-state index in [-0.39, 0.29) is 18.5 Å². The molecule has 0 aromatic heterocycles. The van der Waals surface area contributed by atoms with Crippen LogP contribution in [-0.4, -0.2) is 40.2 Å². The van der Waals surface area contributed by atoms with Gasteiger partial charge in [-0.15, -0.1) is 0 Å². The van der Waals surface area contributed by atoms with E-state index in [1.54, 1.807) is 12.1 Å². The number of nitrogens with zero attached hydrogens (tertiary/aromatic N) is 2. The molecule has 21 heavy (non-hydrogen) atoms. The SMILES string of the molecule is N/C(=N/O)c1ccc(CN2CCCCCC2CO)c(Cl)c1. The fourth-order valence-electron chi connectivity index (χ4n) is 2.76. The van der Waals surface area contributed by atoms with E-state index in [0.717, 1.165) is 31.4 Å². The van der Waals surface area contributed by atoms with Crippen molar-refractivity contribution in [2.45, 2.75) is 38.3 Å². The monoisotopic (exact) mass is 311 g/mol. The smallest absolute Gasteiger partial charge is 0.170 e. The molecule has 1 atom stereocenters. The van der Waals surface area contributed by atoms with Crippen LogP contribution in [0.3, 0.4) is 0 Å². The lowest BCUT2D eigenvalue weighted by atomic mass is 10.1. The molecule has 0 aliphatic carbocycles. The van der Waals surface area contributed by atoms with E-state index < -0.39 is 0 Å². The van der Waals surface area contributed by atoms with Crippen molar-refractivity contribution in [1.29, 1.82) is 0 Å². The summed E-state index contributed by atoms with van der Waals surface area (Å²) < 4.78 is 0. The minimum Gasteiger partial charge on any atom is -0.409 e. The highest BCUT2D eigenvalue weighted by atomic mass is 35.5. The Kier molecular flexibility index (Phi) is 5.85. The number of rotatable bonds is 4. The molecule has 0 saturated carbocycles. The van der Waals surface area contributed by atoms with Gasteiger partial charge in [0.1, 0.15) is 0 Å². The highest BCUT2D eigenvalue weighted by molar-refractivity contribution is 6.31. The number of aliphatic hydroxyl groups is 1. The molecule has 2 rings (SSSR count). The van der Waals surface area contributed by atoms with Crippen molar-refractivity contribution in [3.05, 3.63) is 34.3 Å². The highest BCUT2D eigenvalue weighted by Gasteiger charge is 2.21. The summed E-state index contributed by atoms with van der Waals surface area (Å²) in [6, 6.07) is 5.60. The summed E-state index contributed by atoms with van der Waals surface area (Å²) in [6.07, 6.45) is 4.55. The van der Waals surface area contributed by atoms with Crippen LogP contribution in [0.2, 0.25) is 5.02 Å². The Balaban J connectivity index is 2.14. The van der Waals surface area contributed by atoms with Crippen molar-refractivity contribution in [2.24, 2.45) is 10.9 Å². The van der Waals surface area contributed by atoms with E-state index in [9.17, 15) is 5.11 Å². The van der Waals surface area contributed by atoms with Crippen LogP contribution in [0.5, 0.6) is 0 Å².